The zero-order chi connectivity index (χ0) is 15.1. The molecule has 0 saturated heterocycles. The molecule has 0 aliphatic heterocycles. The number of amides is 1. The summed E-state index contributed by atoms with van der Waals surface area (Å²) in [5.74, 6) is 5.93. The van der Waals surface area contributed by atoms with E-state index in [1.54, 1.807) is 6.92 Å². The van der Waals surface area contributed by atoms with Crippen LogP contribution in [0.3, 0.4) is 0 Å². The molecule has 0 bridgehead atoms. The summed E-state index contributed by atoms with van der Waals surface area (Å²) in [5.41, 5.74) is 1.80. The largest absolute Gasteiger partial charge is 0.341 e. The predicted molar refractivity (Wildman–Crippen MR) is 79.0 cm³/mol. The van der Waals surface area contributed by atoms with Gasteiger partial charge in [-0.3, -0.25) is 4.79 Å². The van der Waals surface area contributed by atoms with Gasteiger partial charge in [0.15, 0.2) is 5.82 Å². The molecule has 1 amide bonds. The monoisotopic (exact) mass is 283 g/mol. The van der Waals surface area contributed by atoms with Crippen molar-refractivity contribution in [3.05, 3.63) is 35.7 Å². The number of nitrogens with one attached hydrogen (secondary N) is 1. The zero-order valence-corrected chi connectivity index (χ0v) is 12.1. The van der Waals surface area contributed by atoms with Gasteiger partial charge in [-0.15, -0.1) is 0 Å². The van der Waals surface area contributed by atoms with E-state index in [4.69, 9.17) is 4.52 Å². The predicted octanol–water partition coefficient (Wildman–Crippen LogP) is 2.33. The highest BCUT2D eigenvalue weighted by atomic mass is 16.5. The van der Waals surface area contributed by atoms with Crippen molar-refractivity contribution < 1.29 is 9.32 Å². The summed E-state index contributed by atoms with van der Waals surface area (Å²) in [5, 5.41) is 6.66. The molecule has 0 aliphatic rings. The number of nitrogens with zero attached hydrogens (tertiary/aromatic N) is 2. The van der Waals surface area contributed by atoms with E-state index in [1.165, 1.54) is 0 Å². The number of carbonyl (C=O) groups is 1. The number of benzene rings is 1. The molecule has 0 spiro atoms. The summed E-state index contributed by atoms with van der Waals surface area (Å²) in [6, 6.07) is 7.64. The molecule has 0 saturated carbocycles. The molecule has 5 nitrogen and oxygen atoms in total. The molecule has 1 N–H and O–H groups in total. The molecule has 0 radical (unpaired) electrons. The fraction of sp³-hybridized carbons (Fsp3) is 0.312. The average molecular weight is 283 g/mol. The van der Waals surface area contributed by atoms with Crippen LogP contribution in [0.4, 0.5) is 0 Å². The minimum atomic E-state index is -0.286. The standard InChI is InChI=1S/C16H17N3O2/c1-3-6-14-18-16(21-19-14)13-9-5-8-12(10-13)11-17-15(20)7-4-2/h5,8-10H,3,6,11H2,1-2H3,(H,17,20). The molecule has 0 aliphatic carbocycles. The minimum absolute atomic E-state index is 0.286. The average Bonchev–Trinajstić information content (AvgIpc) is 2.95. The van der Waals surface area contributed by atoms with Crippen molar-refractivity contribution in [1.82, 2.24) is 15.5 Å². The van der Waals surface area contributed by atoms with Gasteiger partial charge >= 0.3 is 0 Å². The topological polar surface area (TPSA) is 68.0 Å². The van der Waals surface area contributed by atoms with Gasteiger partial charge in [-0.25, -0.2) is 0 Å². The van der Waals surface area contributed by atoms with Crippen LogP contribution < -0.4 is 5.32 Å². The molecular formula is C16H17N3O2. The second kappa shape index (κ2) is 7.25. The Morgan fingerprint density at radius 2 is 2.29 bits per heavy atom. The van der Waals surface area contributed by atoms with Gasteiger partial charge in [-0.2, -0.15) is 4.98 Å². The lowest BCUT2D eigenvalue weighted by Crippen LogP contribution is -2.20. The SMILES string of the molecule is CC#CC(=O)NCc1cccc(-c2nc(CCC)no2)c1. The molecule has 0 fully saturated rings. The number of aromatic nitrogens is 2. The van der Waals surface area contributed by atoms with Crippen LogP contribution in [0.1, 0.15) is 31.7 Å². The lowest BCUT2D eigenvalue weighted by atomic mass is 10.1. The normalized spacial score (nSPS) is 9.81. The van der Waals surface area contributed by atoms with Gasteiger partial charge < -0.3 is 9.84 Å². The second-order valence-corrected chi connectivity index (χ2v) is 4.52. The van der Waals surface area contributed by atoms with Gasteiger partial charge in [0.2, 0.25) is 0 Å². The molecule has 2 aromatic rings. The molecular weight excluding hydrogens is 266 g/mol. The number of hydrogen-bond acceptors (Lipinski definition) is 4. The number of rotatable bonds is 5. The summed E-state index contributed by atoms with van der Waals surface area (Å²) in [6.07, 6.45) is 1.78. The Kier molecular flexibility index (Phi) is 5.10. The van der Waals surface area contributed by atoms with Gasteiger partial charge in [-0.1, -0.05) is 30.1 Å². The van der Waals surface area contributed by atoms with E-state index < -0.39 is 0 Å². The van der Waals surface area contributed by atoms with Gasteiger partial charge in [0.25, 0.3) is 11.8 Å². The van der Waals surface area contributed by atoms with Crippen LogP contribution in [0.2, 0.25) is 0 Å². The Morgan fingerprint density at radius 1 is 1.43 bits per heavy atom. The first-order valence-electron chi connectivity index (χ1n) is 6.85. The van der Waals surface area contributed by atoms with E-state index in [-0.39, 0.29) is 5.91 Å². The fourth-order valence-corrected chi connectivity index (χ4v) is 1.85. The molecule has 108 valence electrons. The molecule has 1 heterocycles. The van der Waals surface area contributed by atoms with E-state index in [0.717, 1.165) is 24.0 Å². The van der Waals surface area contributed by atoms with Crippen LogP contribution in [0.25, 0.3) is 11.5 Å². The first-order valence-corrected chi connectivity index (χ1v) is 6.85. The van der Waals surface area contributed by atoms with Gasteiger partial charge in [-0.05, 0) is 37.0 Å². The van der Waals surface area contributed by atoms with Gasteiger partial charge in [0.05, 0.1) is 0 Å². The molecule has 1 aromatic heterocycles. The maximum atomic E-state index is 11.3. The summed E-state index contributed by atoms with van der Waals surface area (Å²) < 4.78 is 5.25. The lowest BCUT2D eigenvalue weighted by Gasteiger charge is -2.03. The third-order valence-corrected chi connectivity index (χ3v) is 2.81. The molecule has 0 unspecified atom stereocenters. The highest BCUT2D eigenvalue weighted by molar-refractivity contribution is 5.93. The minimum Gasteiger partial charge on any atom is -0.341 e. The fourth-order valence-electron chi connectivity index (χ4n) is 1.85. The molecule has 1 aromatic carbocycles. The summed E-state index contributed by atoms with van der Waals surface area (Å²) in [4.78, 5) is 15.7. The Labute approximate surface area is 123 Å². The van der Waals surface area contributed by atoms with E-state index in [9.17, 15) is 4.79 Å². The van der Waals surface area contributed by atoms with Gasteiger partial charge in [0, 0.05) is 18.5 Å². The van der Waals surface area contributed by atoms with Gasteiger partial charge in [0.1, 0.15) is 0 Å². The third-order valence-electron chi connectivity index (χ3n) is 2.81. The molecule has 2 rings (SSSR count). The summed E-state index contributed by atoms with van der Waals surface area (Å²) in [7, 11) is 0. The van der Waals surface area contributed by atoms with Crippen LogP contribution in [-0.4, -0.2) is 16.0 Å². The first-order chi connectivity index (χ1) is 10.2. The number of hydrogen-bond donors (Lipinski definition) is 1. The van der Waals surface area contributed by atoms with Crippen LogP contribution in [0.15, 0.2) is 28.8 Å². The Morgan fingerprint density at radius 3 is 3.05 bits per heavy atom. The van der Waals surface area contributed by atoms with Crippen molar-refractivity contribution in [3.8, 4) is 23.3 Å². The Hall–Kier alpha value is -2.61. The maximum Gasteiger partial charge on any atom is 0.296 e. The summed E-state index contributed by atoms with van der Waals surface area (Å²) >= 11 is 0. The highest BCUT2D eigenvalue weighted by Crippen LogP contribution is 2.18. The molecule has 21 heavy (non-hydrogen) atoms. The van der Waals surface area contributed by atoms with Crippen LogP contribution in [0.5, 0.6) is 0 Å². The van der Waals surface area contributed by atoms with E-state index in [0.29, 0.717) is 18.3 Å². The van der Waals surface area contributed by atoms with Crippen LogP contribution in [0, 0.1) is 11.8 Å². The lowest BCUT2D eigenvalue weighted by molar-refractivity contribution is -0.115. The number of aryl methyl sites for hydroxylation is 1. The van der Waals surface area contributed by atoms with E-state index >= 15 is 0 Å². The second-order valence-electron chi connectivity index (χ2n) is 4.52. The maximum absolute atomic E-state index is 11.3. The summed E-state index contributed by atoms with van der Waals surface area (Å²) in [6.45, 7) is 4.11. The third kappa shape index (κ3) is 4.18. The van der Waals surface area contributed by atoms with Crippen LogP contribution >= 0.6 is 0 Å². The Bertz CT molecular complexity index is 680. The van der Waals surface area contributed by atoms with Crippen molar-refractivity contribution in [2.24, 2.45) is 0 Å². The number of carbonyl (C=O) groups excluding carboxylic acids is 1. The van der Waals surface area contributed by atoms with E-state index in [2.05, 4.69) is 34.2 Å². The first kappa shape index (κ1) is 14.8. The van der Waals surface area contributed by atoms with E-state index in [1.807, 2.05) is 24.3 Å². The quantitative estimate of drug-likeness (QED) is 0.855. The zero-order valence-electron chi connectivity index (χ0n) is 12.1. The Balaban J connectivity index is 2.08. The smallest absolute Gasteiger partial charge is 0.296 e. The van der Waals surface area contributed by atoms with Crippen molar-refractivity contribution >= 4 is 5.91 Å². The van der Waals surface area contributed by atoms with Crippen molar-refractivity contribution in [2.45, 2.75) is 33.2 Å². The van der Waals surface area contributed by atoms with Crippen LogP contribution in [-0.2, 0) is 17.8 Å². The molecule has 0 atom stereocenters. The highest BCUT2D eigenvalue weighted by Gasteiger charge is 2.08. The van der Waals surface area contributed by atoms with Crippen molar-refractivity contribution in [1.29, 1.82) is 0 Å². The molecule has 5 heteroatoms. The van der Waals surface area contributed by atoms with Crippen molar-refractivity contribution in [3.63, 3.8) is 0 Å². The van der Waals surface area contributed by atoms with Crippen molar-refractivity contribution in [2.75, 3.05) is 0 Å².